The van der Waals surface area contributed by atoms with E-state index in [1.807, 2.05) is 0 Å². The fourth-order valence-corrected chi connectivity index (χ4v) is 0.567. The Morgan fingerprint density at radius 2 is 2.17 bits per heavy atom. The van der Waals surface area contributed by atoms with Crippen LogP contribution in [0, 0.1) is 11.3 Å². The third kappa shape index (κ3) is 4.24. The normalized spacial score (nSPS) is 11.3. The predicted molar refractivity (Wildman–Crippen MR) is 40.4 cm³/mol. The van der Waals surface area contributed by atoms with E-state index in [0.29, 0.717) is 0 Å². The third-order valence-electron chi connectivity index (χ3n) is 1.10. The number of primary amides is 1. The van der Waals surface area contributed by atoms with Crippen molar-refractivity contribution in [3.63, 3.8) is 0 Å². The van der Waals surface area contributed by atoms with E-state index in [4.69, 9.17) is 16.7 Å². The molecule has 6 heteroatoms. The summed E-state index contributed by atoms with van der Waals surface area (Å²) in [5.41, 5.74) is 10.0. The molecular formula is C6H10N4O2. The van der Waals surface area contributed by atoms with Crippen LogP contribution in [0.5, 0.6) is 0 Å². The second-order valence-electron chi connectivity index (χ2n) is 2.15. The van der Waals surface area contributed by atoms with Crippen molar-refractivity contribution in [2.45, 2.75) is 12.5 Å². The van der Waals surface area contributed by atoms with Gasteiger partial charge in [0, 0.05) is 0 Å². The first-order valence-corrected chi connectivity index (χ1v) is 3.26. The Hall–Kier alpha value is -1.61. The predicted octanol–water partition coefficient (Wildman–Crippen LogP) is -2.17. The number of nitrogens with one attached hydrogen (secondary N) is 1. The lowest BCUT2D eigenvalue weighted by Gasteiger charge is -2.07. The molecule has 0 aliphatic carbocycles. The number of nitrogens with zero attached hydrogens (tertiary/aromatic N) is 1. The van der Waals surface area contributed by atoms with Crippen molar-refractivity contribution in [2.24, 2.45) is 11.5 Å². The Labute approximate surface area is 69.5 Å². The van der Waals surface area contributed by atoms with Crippen LogP contribution >= 0.6 is 0 Å². The Bertz CT molecular complexity index is 220. The van der Waals surface area contributed by atoms with E-state index in [-0.39, 0.29) is 13.0 Å². The van der Waals surface area contributed by atoms with Gasteiger partial charge in [-0.1, -0.05) is 0 Å². The standard InChI is InChI=1S/C6H10N4O2/c7-1-2-10-6(12)4(8)3-5(9)11/h4H,2-3,8H2,(H2,9,11)(H,10,12). The largest absolute Gasteiger partial charge is 0.370 e. The maximum absolute atomic E-state index is 10.8. The molecule has 0 aromatic rings. The highest BCUT2D eigenvalue weighted by Crippen LogP contribution is 1.85. The first-order valence-electron chi connectivity index (χ1n) is 3.26. The molecule has 0 fully saturated rings. The molecule has 0 rings (SSSR count). The van der Waals surface area contributed by atoms with E-state index in [2.05, 4.69) is 5.32 Å². The van der Waals surface area contributed by atoms with Gasteiger partial charge >= 0.3 is 0 Å². The number of nitriles is 1. The molecule has 66 valence electrons. The molecule has 0 saturated heterocycles. The van der Waals surface area contributed by atoms with Gasteiger partial charge in [0.05, 0.1) is 18.5 Å². The highest BCUT2D eigenvalue weighted by atomic mass is 16.2. The quantitative estimate of drug-likeness (QED) is 0.415. The van der Waals surface area contributed by atoms with Gasteiger partial charge in [-0.2, -0.15) is 5.26 Å². The lowest BCUT2D eigenvalue weighted by molar-refractivity contribution is -0.126. The summed E-state index contributed by atoms with van der Waals surface area (Å²) in [7, 11) is 0. The molecule has 5 N–H and O–H groups in total. The molecule has 0 aliphatic rings. The number of rotatable bonds is 4. The minimum Gasteiger partial charge on any atom is -0.370 e. The fourth-order valence-electron chi connectivity index (χ4n) is 0.567. The van der Waals surface area contributed by atoms with Crippen LogP contribution in [0.15, 0.2) is 0 Å². The van der Waals surface area contributed by atoms with Gasteiger partial charge in [-0.25, -0.2) is 0 Å². The van der Waals surface area contributed by atoms with Gasteiger partial charge in [-0.15, -0.1) is 0 Å². The summed E-state index contributed by atoms with van der Waals surface area (Å²) in [5.74, 6) is -1.19. The van der Waals surface area contributed by atoms with Crippen molar-refractivity contribution in [2.75, 3.05) is 6.54 Å². The maximum atomic E-state index is 10.8. The molecular weight excluding hydrogens is 160 g/mol. The molecule has 12 heavy (non-hydrogen) atoms. The van der Waals surface area contributed by atoms with Crippen LogP contribution in [0.2, 0.25) is 0 Å². The van der Waals surface area contributed by atoms with Crippen molar-refractivity contribution in [3.8, 4) is 6.07 Å². The van der Waals surface area contributed by atoms with Crippen LogP contribution in [-0.2, 0) is 9.59 Å². The summed E-state index contributed by atoms with van der Waals surface area (Å²) in [4.78, 5) is 21.1. The smallest absolute Gasteiger partial charge is 0.238 e. The molecule has 6 nitrogen and oxygen atoms in total. The Balaban J connectivity index is 3.78. The highest BCUT2D eigenvalue weighted by molar-refractivity contribution is 5.87. The lowest BCUT2D eigenvalue weighted by Crippen LogP contribution is -2.43. The van der Waals surface area contributed by atoms with Crippen LogP contribution in [0.1, 0.15) is 6.42 Å². The Morgan fingerprint density at radius 1 is 1.58 bits per heavy atom. The molecule has 0 radical (unpaired) electrons. The van der Waals surface area contributed by atoms with E-state index in [0.717, 1.165) is 0 Å². The number of hydrogen-bond donors (Lipinski definition) is 3. The fraction of sp³-hybridized carbons (Fsp3) is 0.500. The summed E-state index contributed by atoms with van der Waals surface area (Å²) in [6.07, 6.45) is -0.211. The van der Waals surface area contributed by atoms with Gasteiger partial charge < -0.3 is 16.8 Å². The van der Waals surface area contributed by atoms with Crippen LogP contribution in [0.25, 0.3) is 0 Å². The van der Waals surface area contributed by atoms with Crippen LogP contribution in [-0.4, -0.2) is 24.4 Å². The molecule has 0 bridgehead atoms. The summed E-state index contributed by atoms with van der Waals surface area (Å²) in [5, 5.41) is 10.3. The minimum absolute atomic E-state index is 0.120. The minimum atomic E-state index is -0.962. The molecule has 0 spiro atoms. The molecule has 0 aromatic carbocycles. The van der Waals surface area contributed by atoms with Crippen molar-refractivity contribution in [1.82, 2.24) is 5.32 Å². The van der Waals surface area contributed by atoms with Gasteiger partial charge in [-0.05, 0) is 0 Å². The maximum Gasteiger partial charge on any atom is 0.238 e. The van der Waals surface area contributed by atoms with E-state index < -0.39 is 17.9 Å². The molecule has 2 amide bonds. The summed E-state index contributed by atoms with van der Waals surface area (Å²) in [6.45, 7) is -0.120. The average Bonchev–Trinajstić information content (AvgIpc) is 1.98. The van der Waals surface area contributed by atoms with Crippen molar-refractivity contribution in [3.05, 3.63) is 0 Å². The van der Waals surface area contributed by atoms with Gasteiger partial charge in [0.2, 0.25) is 11.8 Å². The zero-order valence-electron chi connectivity index (χ0n) is 6.41. The monoisotopic (exact) mass is 170 g/mol. The number of carbonyl (C=O) groups excluding carboxylic acids is 2. The summed E-state index contributed by atoms with van der Waals surface area (Å²) < 4.78 is 0. The number of hydrogen-bond acceptors (Lipinski definition) is 4. The average molecular weight is 170 g/mol. The van der Waals surface area contributed by atoms with Crippen molar-refractivity contribution >= 4 is 11.8 Å². The van der Waals surface area contributed by atoms with Crippen molar-refractivity contribution in [1.29, 1.82) is 5.26 Å². The molecule has 0 saturated carbocycles. The molecule has 1 atom stereocenters. The summed E-state index contributed by atoms with van der Waals surface area (Å²) in [6, 6.07) is 0.741. The van der Waals surface area contributed by atoms with Gasteiger partial charge in [-0.3, -0.25) is 9.59 Å². The molecule has 0 aromatic heterocycles. The zero-order valence-corrected chi connectivity index (χ0v) is 6.41. The number of amides is 2. The van der Waals surface area contributed by atoms with Gasteiger partial charge in [0.15, 0.2) is 0 Å². The van der Waals surface area contributed by atoms with E-state index >= 15 is 0 Å². The topological polar surface area (TPSA) is 122 Å². The zero-order chi connectivity index (χ0) is 9.56. The van der Waals surface area contributed by atoms with E-state index in [1.54, 1.807) is 6.07 Å². The first kappa shape index (κ1) is 10.4. The number of nitrogens with two attached hydrogens (primary N) is 2. The van der Waals surface area contributed by atoms with Crippen LogP contribution < -0.4 is 16.8 Å². The van der Waals surface area contributed by atoms with Gasteiger partial charge in [0.25, 0.3) is 0 Å². The van der Waals surface area contributed by atoms with Crippen LogP contribution in [0.3, 0.4) is 0 Å². The Kier molecular flexibility index (Phi) is 4.41. The molecule has 1 unspecified atom stereocenters. The van der Waals surface area contributed by atoms with E-state index in [9.17, 15) is 9.59 Å². The first-order chi connectivity index (χ1) is 5.57. The lowest BCUT2D eigenvalue weighted by atomic mass is 10.2. The Morgan fingerprint density at radius 3 is 2.58 bits per heavy atom. The summed E-state index contributed by atoms with van der Waals surface area (Å²) >= 11 is 0. The molecule has 0 heterocycles. The van der Waals surface area contributed by atoms with Crippen molar-refractivity contribution < 1.29 is 9.59 Å². The van der Waals surface area contributed by atoms with E-state index in [1.165, 1.54) is 0 Å². The molecule has 0 aliphatic heterocycles. The second-order valence-corrected chi connectivity index (χ2v) is 2.15. The number of carbonyl (C=O) groups is 2. The third-order valence-corrected chi connectivity index (χ3v) is 1.10. The van der Waals surface area contributed by atoms with Crippen LogP contribution in [0.4, 0.5) is 0 Å². The van der Waals surface area contributed by atoms with Gasteiger partial charge in [0.1, 0.15) is 6.54 Å². The SMILES string of the molecule is N#CCNC(=O)C(N)CC(N)=O. The second kappa shape index (κ2) is 5.09. The highest BCUT2D eigenvalue weighted by Gasteiger charge is 2.14.